The van der Waals surface area contributed by atoms with E-state index in [1.807, 2.05) is 60.2 Å². The minimum Gasteiger partial charge on any atom is -0.490 e. The number of carbonyl (C=O) groups is 1. The minimum atomic E-state index is -0.787. The molecule has 1 atom stereocenters. The Labute approximate surface area is 263 Å². The molecule has 0 fully saturated rings. The van der Waals surface area contributed by atoms with Crippen LogP contribution in [-0.2, 0) is 16.1 Å². The number of ether oxygens (including phenoxy) is 2. The summed E-state index contributed by atoms with van der Waals surface area (Å²) in [6.45, 7) is 6.82. The van der Waals surface area contributed by atoms with Crippen molar-refractivity contribution < 1.29 is 23.0 Å². The van der Waals surface area contributed by atoms with Crippen LogP contribution in [0.1, 0.15) is 18.7 Å². The quantitative estimate of drug-likeness (QED) is 0.139. The first-order valence-electron chi connectivity index (χ1n) is 14.4. The molecule has 45 heavy (non-hydrogen) atoms. The lowest BCUT2D eigenvalue weighted by Gasteiger charge is -2.33. The van der Waals surface area contributed by atoms with Gasteiger partial charge in [-0.25, -0.2) is 18.7 Å². The summed E-state index contributed by atoms with van der Waals surface area (Å²) in [6, 6.07) is 9.41. The normalized spacial score (nSPS) is 14.4. The summed E-state index contributed by atoms with van der Waals surface area (Å²) in [7, 11) is 5.36. The van der Waals surface area contributed by atoms with E-state index >= 15 is 4.39 Å². The van der Waals surface area contributed by atoms with Gasteiger partial charge in [0.05, 0.1) is 36.1 Å². The smallest absolute Gasteiger partial charge is 0.246 e. The maximum absolute atomic E-state index is 16.0. The van der Waals surface area contributed by atoms with E-state index in [0.717, 1.165) is 33.2 Å². The van der Waals surface area contributed by atoms with Crippen LogP contribution in [0.15, 0.2) is 60.6 Å². The molecule has 0 saturated heterocycles. The van der Waals surface area contributed by atoms with E-state index in [2.05, 4.69) is 11.6 Å². The Kier molecular flexibility index (Phi) is 8.34. The number of rotatable bonds is 9. The lowest BCUT2D eigenvalue weighted by Crippen LogP contribution is -2.40. The molecule has 1 amide bonds. The van der Waals surface area contributed by atoms with Crippen LogP contribution in [0.25, 0.3) is 43.9 Å². The van der Waals surface area contributed by atoms with Crippen LogP contribution in [0.2, 0.25) is 0 Å². The van der Waals surface area contributed by atoms with E-state index in [1.54, 1.807) is 11.1 Å². The monoisotopic (exact) mass is 630 g/mol. The minimum absolute atomic E-state index is 0.0344. The maximum Gasteiger partial charge on any atom is 0.246 e. The fraction of sp³-hybridized carbons (Fsp3) is 0.273. The molecule has 5 aromatic rings. The average Bonchev–Trinajstić information content (AvgIpc) is 3.69. The largest absolute Gasteiger partial charge is 0.490 e. The van der Waals surface area contributed by atoms with Crippen LogP contribution in [0, 0.1) is 11.6 Å². The molecule has 0 bridgehead atoms. The molecular weight excluding hydrogens is 598 g/mol. The molecule has 12 heteroatoms. The first-order chi connectivity index (χ1) is 21.7. The highest BCUT2D eigenvalue weighted by atomic mass is 32.1. The Morgan fingerprint density at radius 2 is 1.96 bits per heavy atom. The van der Waals surface area contributed by atoms with Crippen LogP contribution < -0.4 is 9.64 Å². The second-order valence-electron chi connectivity index (χ2n) is 10.8. The SMILES string of the molecule is C=CC(=O)N1CCn2nc(-c3nc(-c4ccc(N(C)C)nc4)c4ccsc4c3-c3c(F)cc(F)cc3OCCOC)cc2[C@H]1C. The first kappa shape index (κ1) is 30.4. The summed E-state index contributed by atoms with van der Waals surface area (Å²) in [6.07, 6.45) is 3.06. The van der Waals surface area contributed by atoms with Crippen molar-refractivity contribution in [3.05, 3.63) is 78.0 Å². The van der Waals surface area contributed by atoms with Crippen LogP contribution in [-0.4, -0.2) is 71.5 Å². The highest BCUT2D eigenvalue weighted by Gasteiger charge is 2.31. The number of aromatic nitrogens is 4. The predicted molar refractivity (Wildman–Crippen MR) is 171 cm³/mol. The third-order valence-corrected chi connectivity index (χ3v) is 8.79. The van der Waals surface area contributed by atoms with E-state index < -0.39 is 11.6 Å². The highest BCUT2D eigenvalue weighted by molar-refractivity contribution is 7.18. The zero-order valence-corrected chi connectivity index (χ0v) is 26.2. The van der Waals surface area contributed by atoms with Crippen molar-refractivity contribution in [2.75, 3.05) is 45.9 Å². The average molecular weight is 631 g/mol. The number of halogens is 2. The van der Waals surface area contributed by atoms with Crippen molar-refractivity contribution in [2.45, 2.75) is 19.5 Å². The van der Waals surface area contributed by atoms with E-state index in [4.69, 9.17) is 19.6 Å². The van der Waals surface area contributed by atoms with Crippen LogP contribution in [0.3, 0.4) is 0 Å². The van der Waals surface area contributed by atoms with Gasteiger partial charge in [0.1, 0.15) is 41.2 Å². The number of amides is 1. The van der Waals surface area contributed by atoms with E-state index in [1.165, 1.54) is 30.6 Å². The predicted octanol–water partition coefficient (Wildman–Crippen LogP) is 6.35. The summed E-state index contributed by atoms with van der Waals surface area (Å²) in [5.41, 5.74) is 3.63. The maximum atomic E-state index is 16.0. The number of fused-ring (bicyclic) bond motifs is 2. The Hall–Kier alpha value is -4.68. The number of benzene rings is 1. The molecule has 0 radical (unpaired) electrons. The van der Waals surface area contributed by atoms with Crippen molar-refractivity contribution in [2.24, 2.45) is 0 Å². The number of methoxy groups -OCH3 is 1. The summed E-state index contributed by atoms with van der Waals surface area (Å²) in [4.78, 5) is 25.9. The molecule has 0 unspecified atom stereocenters. The van der Waals surface area contributed by atoms with Crippen LogP contribution in [0.5, 0.6) is 5.75 Å². The Balaban J connectivity index is 1.62. The molecular formula is C33H32F2N6O3S. The fourth-order valence-corrected chi connectivity index (χ4v) is 6.58. The Morgan fingerprint density at radius 1 is 1.13 bits per heavy atom. The third-order valence-electron chi connectivity index (χ3n) is 7.86. The van der Waals surface area contributed by atoms with Gasteiger partial charge in [-0.15, -0.1) is 11.3 Å². The van der Waals surface area contributed by atoms with Gasteiger partial charge < -0.3 is 19.3 Å². The van der Waals surface area contributed by atoms with Gasteiger partial charge in [0, 0.05) is 67.3 Å². The number of hydrogen-bond acceptors (Lipinski definition) is 8. The third kappa shape index (κ3) is 5.55. The van der Waals surface area contributed by atoms with Gasteiger partial charge >= 0.3 is 0 Å². The number of thiophene rings is 1. The van der Waals surface area contributed by atoms with E-state index in [-0.39, 0.29) is 36.5 Å². The number of hydrogen-bond donors (Lipinski definition) is 0. The van der Waals surface area contributed by atoms with Crippen molar-refractivity contribution in [3.63, 3.8) is 0 Å². The summed E-state index contributed by atoms with van der Waals surface area (Å²) >= 11 is 1.42. The molecule has 0 N–H and O–H groups in total. The van der Waals surface area contributed by atoms with Gasteiger partial charge in [-0.1, -0.05) is 6.58 Å². The standard InChI is InChI=1S/C33H32F2N6O3S/c1-6-28(42)40-10-11-41-25(19(40)2)17-24(38-41)32-30(29-23(35)15-21(34)16-26(29)44-13-12-43-5)33-22(9-14-45-33)31(37-32)20-7-8-27(36-18-20)39(3)4/h6-9,14-19H,1,10-13H2,2-5H3/t19-/m1/s1. The Morgan fingerprint density at radius 3 is 2.67 bits per heavy atom. The summed E-state index contributed by atoms with van der Waals surface area (Å²) in [5, 5.41) is 7.60. The van der Waals surface area contributed by atoms with Crippen LogP contribution in [0.4, 0.5) is 14.6 Å². The van der Waals surface area contributed by atoms with Crippen molar-refractivity contribution in [1.82, 2.24) is 24.6 Å². The van der Waals surface area contributed by atoms with Gasteiger partial charge in [0.15, 0.2) is 0 Å². The molecule has 4 aromatic heterocycles. The molecule has 0 spiro atoms. The Bertz CT molecular complexity index is 1900. The second-order valence-corrected chi connectivity index (χ2v) is 11.8. The molecule has 1 aliphatic heterocycles. The second kappa shape index (κ2) is 12.4. The molecule has 232 valence electrons. The first-order valence-corrected chi connectivity index (χ1v) is 15.3. The van der Waals surface area contributed by atoms with Crippen molar-refractivity contribution in [1.29, 1.82) is 0 Å². The number of carbonyl (C=O) groups excluding carboxylic acids is 1. The topological polar surface area (TPSA) is 85.6 Å². The molecule has 0 saturated carbocycles. The molecule has 5 heterocycles. The number of nitrogens with zero attached hydrogens (tertiary/aromatic N) is 6. The van der Waals surface area contributed by atoms with Gasteiger partial charge in [-0.3, -0.25) is 9.48 Å². The molecule has 1 aromatic carbocycles. The lowest BCUT2D eigenvalue weighted by atomic mass is 9.96. The van der Waals surface area contributed by atoms with Crippen LogP contribution >= 0.6 is 11.3 Å². The number of pyridine rings is 2. The van der Waals surface area contributed by atoms with Gasteiger partial charge in [0.25, 0.3) is 0 Å². The zero-order valence-electron chi connectivity index (χ0n) is 25.4. The van der Waals surface area contributed by atoms with E-state index in [9.17, 15) is 9.18 Å². The fourth-order valence-electron chi connectivity index (χ4n) is 5.63. The number of anilines is 1. The highest BCUT2D eigenvalue weighted by Crippen LogP contribution is 2.47. The van der Waals surface area contributed by atoms with Gasteiger partial charge in [0.2, 0.25) is 5.91 Å². The molecule has 0 aliphatic carbocycles. The van der Waals surface area contributed by atoms with Gasteiger partial charge in [-0.05, 0) is 42.6 Å². The summed E-state index contributed by atoms with van der Waals surface area (Å²) in [5.74, 6) is -0.894. The summed E-state index contributed by atoms with van der Waals surface area (Å²) < 4.78 is 44.2. The molecule has 1 aliphatic rings. The van der Waals surface area contributed by atoms with E-state index in [0.29, 0.717) is 35.7 Å². The lowest BCUT2D eigenvalue weighted by molar-refractivity contribution is -0.129. The van der Waals surface area contributed by atoms with Crippen molar-refractivity contribution >= 4 is 33.1 Å². The zero-order chi connectivity index (χ0) is 31.8. The van der Waals surface area contributed by atoms with Gasteiger partial charge in [-0.2, -0.15) is 5.10 Å². The molecule has 9 nitrogen and oxygen atoms in total. The molecule has 6 rings (SSSR count). The van der Waals surface area contributed by atoms with Crippen molar-refractivity contribution in [3.8, 4) is 39.5 Å².